The fraction of sp³-hybridized carbons (Fsp3) is 0.444. The summed E-state index contributed by atoms with van der Waals surface area (Å²) in [4.78, 5) is 0. The molecule has 112 valence electrons. The molecule has 3 rings (SSSR count). The lowest BCUT2D eigenvalue weighted by molar-refractivity contribution is 0.134. The van der Waals surface area contributed by atoms with Crippen molar-refractivity contribution in [1.82, 2.24) is 5.32 Å². The molecule has 3 heteroatoms. The van der Waals surface area contributed by atoms with E-state index < -0.39 is 6.10 Å². The van der Waals surface area contributed by atoms with Gasteiger partial charge in [0.25, 0.3) is 0 Å². The number of nitrogens with one attached hydrogen (secondary N) is 1. The summed E-state index contributed by atoms with van der Waals surface area (Å²) in [6.45, 7) is 2.64. The highest BCUT2D eigenvalue weighted by atomic mass is 16.3. The second kappa shape index (κ2) is 6.46. The summed E-state index contributed by atoms with van der Waals surface area (Å²) in [5.41, 5.74) is 3.87. The van der Waals surface area contributed by atoms with E-state index in [1.54, 1.807) is 6.26 Å². The van der Waals surface area contributed by atoms with Crippen molar-refractivity contribution in [3.05, 3.63) is 59.0 Å². The molecule has 0 amide bonds. The Morgan fingerprint density at radius 3 is 2.76 bits per heavy atom. The first kappa shape index (κ1) is 14.4. The molecule has 2 N–H and O–H groups in total. The Kier molecular flexibility index (Phi) is 4.42. The third-order valence-electron chi connectivity index (χ3n) is 4.37. The van der Waals surface area contributed by atoms with Crippen LogP contribution in [-0.4, -0.2) is 11.1 Å². The summed E-state index contributed by atoms with van der Waals surface area (Å²) in [6, 6.07) is 10.2. The zero-order chi connectivity index (χ0) is 14.7. The van der Waals surface area contributed by atoms with E-state index in [0.717, 1.165) is 17.7 Å². The second-order valence-electron chi connectivity index (χ2n) is 5.93. The van der Waals surface area contributed by atoms with Crippen LogP contribution in [0.5, 0.6) is 0 Å². The van der Waals surface area contributed by atoms with Gasteiger partial charge in [-0.3, -0.25) is 0 Å². The highest BCUT2D eigenvalue weighted by molar-refractivity contribution is 5.35. The van der Waals surface area contributed by atoms with E-state index >= 15 is 0 Å². The molecule has 0 saturated carbocycles. The Morgan fingerprint density at radius 1 is 1.19 bits per heavy atom. The number of hydrogen-bond acceptors (Lipinski definition) is 3. The molecule has 0 spiro atoms. The normalized spacial score (nSPS) is 17.2. The summed E-state index contributed by atoms with van der Waals surface area (Å²) in [5, 5.41) is 13.8. The Labute approximate surface area is 126 Å². The zero-order valence-electron chi connectivity index (χ0n) is 12.5. The van der Waals surface area contributed by atoms with Crippen molar-refractivity contribution >= 4 is 0 Å². The van der Waals surface area contributed by atoms with Crippen LogP contribution in [-0.2, 0) is 19.4 Å². The lowest BCUT2D eigenvalue weighted by Gasteiger charge is -2.23. The lowest BCUT2D eigenvalue weighted by Crippen LogP contribution is -2.31. The molecular formula is C18H23NO2. The number of aliphatic hydroxyl groups is 1. The van der Waals surface area contributed by atoms with Crippen LogP contribution in [0.25, 0.3) is 0 Å². The van der Waals surface area contributed by atoms with Crippen LogP contribution in [0.4, 0.5) is 0 Å². The first-order valence-corrected chi connectivity index (χ1v) is 7.79. The van der Waals surface area contributed by atoms with Gasteiger partial charge in [-0.2, -0.15) is 0 Å². The molecule has 0 saturated heterocycles. The Bertz CT molecular complexity index is 577. The minimum Gasteiger partial charge on any atom is -0.468 e. The SMILES string of the molecule is CC(NCc1ccco1)C(O)c1ccc2c(c1)CCCC2. The van der Waals surface area contributed by atoms with E-state index in [0.29, 0.717) is 6.54 Å². The molecule has 0 bridgehead atoms. The summed E-state index contributed by atoms with van der Waals surface area (Å²) in [6.07, 6.45) is 6.05. The topological polar surface area (TPSA) is 45.4 Å². The summed E-state index contributed by atoms with van der Waals surface area (Å²) >= 11 is 0. The molecule has 0 aliphatic heterocycles. The van der Waals surface area contributed by atoms with Crippen LogP contribution in [0.1, 0.15) is 48.3 Å². The average Bonchev–Trinajstić information content (AvgIpc) is 3.05. The Morgan fingerprint density at radius 2 is 2.00 bits per heavy atom. The smallest absolute Gasteiger partial charge is 0.117 e. The zero-order valence-corrected chi connectivity index (χ0v) is 12.5. The van der Waals surface area contributed by atoms with Crippen molar-refractivity contribution < 1.29 is 9.52 Å². The van der Waals surface area contributed by atoms with Gasteiger partial charge in [-0.25, -0.2) is 0 Å². The molecular weight excluding hydrogens is 262 g/mol. The standard InChI is InChI=1S/C18H23NO2/c1-13(19-12-17-7-4-10-21-17)18(20)16-9-8-14-5-2-3-6-15(14)11-16/h4,7-11,13,18-20H,2-3,5-6,12H2,1H3. The maximum atomic E-state index is 10.5. The number of aryl methyl sites for hydroxylation is 2. The van der Waals surface area contributed by atoms with Crippen LogP contribution >= 0.6 is 0 Å². The Balaban J connectivity index is 1.65. The predicted octanol–water partition coefficient (Wildman–Crippen LogP) is 3.37. The number of fused-ring (bicyclic) bond motifs is 1. The van der Waals surface area contributed by atoms with Gasteiger partial charge < -0.3 is 14.8 Å². The van der Waals surface area contributed by atoms with Gasteiger partial charge in [0.2, 0.25) is 0 Å². The van der Waals surface area contributed by atoms with Crippen molar-refractivity contribution in [3.8, 4) is 0 Å². The monoisotopic (exact) mass is 285 g/mol. The van der Waals surface area contributed by atoms with E-state index in [1.807, 2.05) is 19.1 Å². The number of rotatable bonds is 5. The molecule has 2 aromatic rings. The first-order valence-electron chi connectivity index (χ1n) is 7.79. The fourth-order valence-electron chi connectivity index (χ4n) is 3.01. The summed E-state index contributed by atoms with van der Waals surface area (Å²) < 4.78 is 5.30. The van der Waals surface area contributed by atoms with E-state index in [1.165, 1.54) is 30.4 Å². The molecule has 3 nitrogen and oxygen atoms in total. The van der Waals surface area contributed by atoms with Gasteiger partial charge >= 0.3 is 0 Å². The number of aliphatic hydroxyl groups excluding tert-OH is 1. The minimum atomic E-state index is -0.493. The van der Waals surface area contributed by atoms with Gasteiger partial charge in [0.15, 0.2) is 0 Å². The van der Waals surface area contributed by atoms with Crippen molar-refractivity contribution in [3.63, 3.8) is 0 Å². The van der Waals surface area contributed by atoms with Gasteiger partial charge in [-0.1, -0.05) is 18.2 Å². The molecule has 2 unspecified atom stereocenters. The highest BCUT2D eigenvalue weighted by Crippen LogP contribution is 2.26. The molecule has 2 atom stereocenters. The molecule has 21 heavy (non-hydrogen) atoms. The molecule has 1 aliphatic carbocycles. The van der Waals surface area contributed by atoms with Crippen molar-refractivity contribution in [2.24, 2.45) is 0 Å². The van der Waals surface area contributed by atoms with Crippen molar-refractivity contribution in [1.29, 1.82) is 0 Å². The van der Waals surface area contributed by atoms with E-state index in [9.17, 15) is 5.11 Å². The van der Waals surface area contributed by atoms with Gasteiger partial charge in [-0.05, 0) is 61.4 Å². The van der Waals surface area contributed by atoms with E-state index in [2.05, 4.69) is 23.5 Å². The molecule has 0 fully saturated rings. The van der Waals surface area contributed by atoms with Gasteiger partial charge in [0, 0.05) is 6.04 Å². The lowest BCUT2D eigenvalue weighted by atomic mass is 9.89. The van der Waals surface area contributed by atoms with Gasteiger partial charge in [0.1, 0.15) is 5.76 Å². The Hall–Kier alpha value is -1.58. The van der Waals surface area contributed by atoms with Crippen molar-refractivity contribution in [2.45, 2.75) is 51.3 Å². The number of hydrogen-bond donors (Lipinski definition) is 2. The fourth-order valence-corrected chi connectivity index (χ4v) is 3.01. The average molecular weight is 285 g/mol. The molecule has 1 heterocycles. The quantitative estimate of drug-likeness (QED) is 0.885. The van der Waals surface area contributed by atoms with Crippen LogP contribution in [0.2, 0.25) is 0 Å². The predicted molar refractivity (Wildman–Crippen MR) is 83.1 cm³/mol. The van der Waals surface area contributed by atoms with Crippen LogP contribution in [0.15, 0.2) is 41.0 Å². The minimum absolute atomic E-state index is 0.0169. The largest absolute Gasteiger partial charge is 0.468 e. The molecule has 1 aromatic carbocycles. The van der Waals surface area contributed by atoms with Crippen LogP contribution in [0, 0.1) is 0 Å². The number of benzene rings is 1. The van der Waals surface area contributed by atoms with Crippen molar-refractivity contribution in [2.75, 3.05) is 0 Å². The second-order valence-corrected chi connectivity index (χ2v) is 5.93. The van der Waals surface area contributed by atoms with E-state index in [-0.39, 0.29) is 6.04 Å². The number of furan rings is 1. The van der Waals surface area contributed by atoms with Gasteiger partial charge in [-0.15, -0.1) is 0 Å². The first-order chi connectivity index (χ1) is 10.2. The summed E-state index contributed by atoms with van der Waals surface area (Å²) in [5.74, 6) is 0.888. The maximum Gasteiger partial charge on any atom is 0.117 e. The van der Waals surface area contributed by atoms with Crippen LogP contribution in [0.3, 0.4) is 0 Å². The van der Waals surface area contributed by atoms with Crippen LogP contribution < -0.4 is 5.32 Å². The molecule has 1 aliphatic rings. The highest BCUT2D eigenvalue weighted by Gasteiger charge is 2.18. The summed E-state index contributed by atoms with van der Waals surface area (Å²) in [7, 11) is 0. The van der Waals surface area contributed by atoms with E-state index in [4.69, 9.17) is 4.42 Å². The maximum absolute atomic E-state index is 10.5. The third kappa shape index (κ3) is 3.36. The van der Waals surface area contributed by atoms with Gasteiger partial charge in [0.05, 0.1) is 18.9 Å². The molecule has 0 radical (unpaired) electrons. The molecule has 1 aromatic heterocycles. The third-order valence-corrected chi connectivity index (χ3v) is 4.37.